The van der Waals surface area contributed by atoms with Gasteiger partial charge in [0.25, 0.3) is 0 Å². The Morgan fingerprint density at radius 1 is 1.10 bits per heavy atom. The standard InChI is InChI=1S/C9H21B/c1-3-4-5-6-7-8-9(2)10/h9H,3-8,10H2,1-2H3. The van der Waals surface area contributed by atoms with Crippen molar-refractivity contribution in [2.45, 2.75) is 58.2 Å². The number of hydrogen-bond donors (Lipinski definition) is 0. The van der Waals surface area contributed by atoms with Crippen molar-refractivity contribution in [3.63, 3.8) is 0 Å². The molecule has 0 fully saturated rings. The van der Waals surface area contributed by atoms with E-state index in [0.29, 0.717) is 0 Å². The first-order valence-electron chi connectivity index (χ1n) is 4.77. The lowest BCUT2D eigenvalue weighted by Gasteiger charge is -2.02. The first-order chi connectivity index (χ1) is 4.77. The quantitative estimate of drug-likeness (QED) is 0.393. The number of hydrogen-bond acceptors (Lipinski definition) is 0. The Kier molecular flexibility index (Phi) is 7.22. The van der Waals surface area contributed by atoms with Crippen LogP contribution in [0.3, 0.4) is 0 Å². The Morgan fingerprint density at radius 3 is 2.20 bits per heavy atom. The first kappa shape index (κ1) is 10.1. The van der Waals surface area contributed by atoms with Crippen LogP contribution in [0.4, 0.5) is 0 Å². The second kappa shape index (κ2) is 7.18. The van der Waals surface area contributed by atoms with Gasteiger partial charge in [-0.3, -0.25) is 0 Å². The minimum atomic E-state index is 0.904. The molecular formula is C9H21B. The molecule has 0 aliphatic carbocycles. The zero-order valence-electron chi connectivity index (χ0n) is 7.82. The van der Waals surface area contributed by atoms with E-state index in [4.69, 9.17) is 0 Å². The molecule has 0 aromatic carbocycles. The third-order valence-electron chi connectivity index (χ3n) is 1.89. The van der Waals surface area contributed by atoms with E-state index in [-0.39, 0.29) is 0 Å². The Morgan fingerprint density at radius 2 is 1.70 bits per heavy atom. The van der Waals surface area contributed by atoms with Crippen molar-refractivity contribution in [3.05, 3.63) is 0 Å². The summed E-state index contributed by atoms with van der Waals surface area (Å²) in [5.74, 6) is 0.904. The molecule has 0 heterocycles. The molecule has 0 radical (unpaired) electrons. The molecular weight excluding hydrogens is 119 g/mol. The third kappa shape index (κ3) is 8.06. The van der Waals surface area contributed by atoms with Gasteiger partial charge in [-0.25, -0.2) is 0 Å². The molecule has 0 amide bonds. The summed E-state index contributed by atoms with van der Waals surface area (Å²) >= 11 is 0. The third-order valence-corrected chi connectivity index (χ3v) is 1.89. The topological polar surface area (TPSA) is 0 Å². The van der Waals surface area contributed by atoms with Crippen LogP contribution in [0.2, 0.25) is 5.82 Å². The summed E-state index contributed by atoms with van der Waals surface area (Å²) in [6.45, 7) is 4.57. The number of rotatable bonds is 6. The van der Waals surface area contributed by atoms with Crippen LogP contribution < -0.4 is 0 Å². The predicted molar refractivity (Wildman–Crippen MR) is 51.3 cm³/mol. The molecule has 0 saturated carbocycles. The highest BCUT2D eigenvalue weighted by Gasteiger charge is 1.93. The molecule has 0 saturated heterocycles. The maximum Gasteiger partial charge on any atom is 0.105 e. The highest BCUT2D eigenvalue weighted by atomic mass is 14.0. The zero-order chi connectivity index (χ0) is 7.82. The molecule has 1 unspecified atom stereocenters. The van der Waals surface area contributed by atoms with Crippen LogP contribution >= 0.6 is 0 Å². The van der Waals surface area contributed by atoms with Crippen molar-refractivity contribution in [2.24, 2.45) is 0 Å². The van der Waals surface area contributed by atoms with Gasteiger partial charge in [-0.05, 0) is 0 Å². The van der Waals surface area contributed by atoms with Gasteiger partial charge in [0.1, 0.15) is 7.85 Å². The van der Waals surface area contributed by atoms with Gasteiger partial charge in [0, 0.05) is 0 Å². The van der Waals surface area contributed by atoms with Crippen molar-refractivity contribution in [3.8, 4) is 0 Å². The van der Waals surface area contributed by atoms with Crippen LogP contribution in [-0.4, -0.2) is 7.85 Å². The van der Waals surface area contributed by atoms with Gasteiger partial charge >= 0.3 is 0 Å². The van der Waals surface area contributed by atoms with E-state index >= 15 is 0 Å². The lowest BCUT2D eigenvalue weighted by atomic mass is 9.85. The smallest absolute Gasteiger partial charge is 0.0725 e. The van der Waals surface area contributed by atoms with Gasteiger partial charge in [-0.1, -0.05) is 58.2 Å². The lowest BCUT2D eigenvalue weighted by Crippen LogP contribution is -1.85. The Labute approximate surface area is 66.8 Å². The van der Waals surface area contributed by atoms with Gasteiger partial charge in [0.05, 0.1) is 0 Å². The van der Waals surface area contributed by atoms with Crippen molar-refractivity contribution in [1.29, 1.82) is 0 Å². The van der Waals surface area contributed by atoms with Crippen LogP contribution in [0, 0.1) is 0 Å². The van der Waals surface area contributed by atoms with Crippen molar-refractivity contribution in [2.75, 3.05) is 0 Å². The van der Waals surface area contributed by atoms with E-state index < -0.39 is 0 Å². The molecule has 0 aromatic rings. The van der Waals surface area contributed by atoms with Crippen LogP contribution in [0.5, 0.6) is 0 Å². The molecule has 1 heteroatoms. The molecule has 0 rings (SSSR count). The van der Waals surface area contributed by atoms with E-state index in [9.17, 15) is 0 Å². The fourth-order valence-electron chi connectivity index (χ4n) is 1.16. The Hall–Kier alpha value is 0.0649. The maximum absolute atomic E-state index is 2.31. The van der Waals surface area contributed by atoms with E-state index in [1.165, 1.54) is 38.5 Å². The first-order valence-corrected chi connectivity index (χ1v) is 4.77. The average molecular weight is 140 g/mol. The molecule has 0 aliphatic rings. The van der Waals surface area contributed by atoms with Crippen LogP contribution in [-0.2, 0) is 0 Å². The van der Waals surface area contributed by atoms with Crippen molar-refractivity contribution >= 4 is 7.85 Å². The summed E-state index contributed by atoms with van der Waals surface area (Å²) < 4.78 is 0. The van der Waals surface area contributed by atoms with Gasteiger partial charge in [0.15, 0.2) is 0 Å². The van der Waals surface area contributed by atoms with Gasteiger partial charge in [-0.15, -0.1) is 0 Å². The molecule has 1 atom stereocenters. The highest BCUT2D eigenvalue weighted by molar-refractivity contribution is 6.11. The predicted octanol–water partition coefficient (Wildman–Crippen LogP) is 2.79. The summed E-state index contributed by atoms with van der Waals surface area (Å²) in [7, 11) is 2.31. The zero-order valence-corrected chi connectivity index (χ0v) is 7.82. The van der Waals surface area contributed by atoms with Gasteiger partial charge in [-0.2, -0.15) is 0 Å². The normalized spacial score (nSPS) is 13.4. The summed E-state index contributed by atoms with van der Waals surface area (Å²) in [5.41, 5.74) is 0. The van der Waals surface area contributed by atoms with Crippen LogP contribution in [0.25, 0.3) is 0 Å². The van der Waals surface area contributed by atoms with Gasteiger partial charge < -0.3 is 0 Å². The Balaban J connectivity index is 2.77. The largest absolute Gasteiger partial charge is 0.105 e. The molecule has 0 aliphatic heterocycles. The van der Waals surface area contributed by atoms with E-state index in [2.05, 4.69) is 21.7 Å². The number of unbranched alkanes of at least 4 members (excludes halogenated alkanes) is 4. The lowest BCUT2D eigenvalue weighted by molar-refractivity contribution is 0.602. The second-order valence-electron chi connectivity index (χ2n) is 3.60. The summed E-state index contributed by atoms with van der Waals surface area (Å²) in [6.07, 6.45) is 8.55. The minimum absolute atomic E-state index is 0.904. The van der Waals surface area contributed by atoms with Crippen molar-refractivity contribution < 1.29 is 0 Å². The molecule has 0 aromatic heterocycles. The summed E-state index contributed by atoms with van der Waals surface area (Å²) in [4.78, 5) is 0. The second-order valence-corrected chi connectivity index (χ2v) is 3.60. The monoisotopic (exact) mass is 140 g/mol. The Bertz CT molecular complexity index is 59.7. The highest BCUT2D eigenvalue weighted by Crippen LogP contribution is 2.11. The fraction of sp³-hybridized carbons (Fsp3) is 1.00. The van der Waals surface area contributed by atoms with E-state index in [0.717, 1.165) is 5.82 Å². The minimum Gasteiger partial charge on any atom is -0.0725 e. The maximum atomic E-state index is 2.31. The average Bonchev–Trinajstić information content (AvgIpc) is 1.87. The van der Waals surface area contributed by atoms with Crippen LogP contribution in [0.15, 0.2) is 0 Å². The van der Waals surface area contributed by atoms with Crippen molar-refractivity contribution in [1.82, 2.24) is 0 Å². The molecule has 60 valence electrons. The summed E-state index contributed by atoms with van der Waals surface area (Å²) in [6, 6.07) is 0. The molecule has 0 spiro atoms. The molecule has 0 bridgehead atoms. The molecule has 0 nitrogen and oxygen atoms in total. The van der Waals surface area contributed by atoms with Crippen LogP contribution in [0.1, 0.15) is 52.4 Å². The van der Waals surface area contributed by atoms with Gasteiger partial charge in [0.2, 0.25) is 0 Å². The molecule has 0 N–H and O–H groups in total. The van der Waals surface area contributed by atoms with E-state index in [1.807, 2.05) is 0 Å². The molecule has 10 heavy (non-hydrogen) atoms. The fourth-order valence-corrected chi connectivity index (χ4v) is 1.16. The SMILES string of the molecule is BC(C)CCCCCCC. The summed E-state index contributed by atoms with van der Waals surface area (Å²) in [5, 5.41) is 0. The van der Waals surface area contributed by atoms with E-state index in [1.54, 1.807) is 0 Å².